The third-order valence-electron chi connectivity index (χ3n) is 3.44. The molecular weight excluding hydrogens is 357 g/mol. The predicted molar refractivity (Wildman–Crippen MR) is 92.0 cm³/mol. The van der Waals surface area contributed by atoms with Crippen molar-refractivity contribution in [2.24, 2.45) is 0 Å². The lowest BCUT2D eigenvalue weighted by atomic mass is 10.1. The van der Waals surface area contributed by atoms with E-state index in [0.717, 1.165) is 31.6 Å². The first-order valence-corrected chi connectivity index (χ1v) is 8.86. The molecule has 0 unspecified atom stereocenters. The van der Waals surface area contributed by atoms with Crippen LogP contribution in [0, 0.1) is 5.82 Å². The highest BCUT2D eigenvalue weighted by molar-refractivity contribution is 7.89. The van der Waals surface area contributed by atoms with Gasteiger partial charge in [0.15, 0.2) is 0 Å². The molecule has 9 heteroatoms. The van der Waals surface area contributed by atoms with E-state index in [1.54, 1.807) is 0 Å². The van der Waals surface area contributed by atoms with E-state index in [9.17, 15) is 17.6 Å². The van der Waals surface area contributed by atoms with Gasteiger partial charge in [0.1, 0.15) is 5.82 Å². The molecule has 1 aliphatic heterocycles. The summed E-state index contributed by atoms with van der Waals surface area (Å²) in [6, 6.07) is 4.52. The Bertz CT molecular complexity index is 678. The van der Waals surface area contributed by atoms with Crippen LogP contribution < -0.4 is 15.4 Å². The van der Waals surface area contributed by atoms with Crippen molar-refractivity contribution in [3.05, 3.63) is 41.7 Å². The number of sulfonamides is 1. The van der Waals surface area contributed by atoms with Gasteiger partial charge in [0.05, 0.1) is 4.90 Å². The third-order valence-corrected chi connectivity index (χ3v) is 4.92. The first-order valence-electron chi connectivity index (χ1n) is 7.38. The van der Waals surface area contributed by atoms with E-state index in [2.05, 4.69) is 15.4 Å². The summed E-state index contributed by atoms with van der Waals surface area (Å²) in [7, 11) is -3.72. The summed E-state index contributed by atoms with van der Waals surface area (Å²) in [6.07, 6.45) is 2.99. The van der Waals surface area contributed by atoms with Crippen LogP contribution in [0.1, 0.15) is 12.8 Å². The van der Waals surface area contributed by atoms with Crippen LogP contribution in [0.3, 0.4) is 0 Å². The maximum atomic E-state index is 12.8. The molecule has 1 aromatic carbocycles. The molecule has 0 saturated carbocycles. The number of hydrogen-bond donors (Lipinski definition) is 3. The van der Waals surface area contributed by atoms with Gasteiger partial charge in [-0.2, -0.15) is 0 Å². The van der Waals surface area contributed by atoms with Gasteiger partial charge in [-0.25, -0.2) is 17.5 Å². The van der Waals surface area contributed by atoms with Crippen molar-refractivity contribution in [1.29, 1.82) is 0 Å². The molecule has 2 rings (SSSR count). The molecule has 0 atom stereocenters. The Kier molecular flexibility index (Phi) is 8.34. The van der Waals surface area contributed by atoms with Crippen LogP contribution in [0.25, 0.3) is 0 Å². The lowest BCUT2D eigenvalue weighted by molar-refractivity contribution is -0.120. The standard InChI is InChI=1S/C15H20FN3O3S.ClH/c16-13-1-3-14(4-2-13)23(21,22)19-10-7-15(20)18-11-12-5-8-17-9-6-12;/h1-5,17,19H,6-11H2,(H,18,20);1H. The van der Waals surface area contributed by atoms with Crippen LogP contribution in [-0.2, 0) is 14.8 Å². The van der Waals surface area contributed by atoms with E-state index in [1.807, 2.05) is 6.08 Å². The summed E-state index contributed by atoms with van der Waals surface area (Å²) < 4.78 is 39.0. The van der Waals surface area contributed by atoms with E-state index in [-0.39, 0.29) is 36.2 Å². The Balaban J connectivity index is 0.00000288. The molecule has 1 aliphatic rings. The quantitative estimate of drug-likeness (QED) is 0.617. The van der Waals surface area contributed by atoms with Crippen molar-refractivity contribution in [3.8, 4) is 0 Å². The monoisotopic (exact) mass is 377 g/mol. The lowest BCUT2D eigenvalue weighted by Crippen LogP contribution is -2.33. The minimum Gasteiger partial charge on any atom is -0.352 e. The highest BCUT2D eigenvalue weighted by Crippen LogP contribution is 2.09. The molecule has 0 bridgehead atoms. The van der Waals surface area contributed by atoms with Gasteiger partial charge >= 0.3 is 0 Å². The van der Waals surface area contributed by atoms with E-state index in [1.165, 1.54) is 17.7 Å². The van der Waals surface area contributed by atoms with Crippen molar-refractivity contribution < 1.29 is 17.6 Å². The number of nitrogens with one attached hydrogen (secondary N) is 3. The highest BCUT2D eigenvalue weighted by atomic mass is 35.5. The van der Waals surface area contributed by atoms with Crippen molar-refractivity contribution in [3.63, 3.8) is 0 Å². The number of benzene rings is 1. The fourth-order valence-electron chi connectivity index (χ4n) is 2.13. The summed E-state index contributed by atoms with van der Waals surface area (Å²) in [4.78, 5) is 11.7. The summed E-state index contributed by atoms with van der Waals surface area (Å²) in [5.41, 5.74) is 1.17. The van der Waals surface area contributed by atoms with E-state index >= 15 is 0 Å². The highest BCUT2D eigenvalue weighted by Gasteiger charge is 2.14. The topological polar surface area (TPSA) is 87.3 Å². The minimum atomic E-state index is -3.72. The van der Waals surface area contributed by atoms with E-state index in [0.29, 0.717) is 6.54 Å². The van der Waals surface area contributed by atoms with E-state index < -0.39 is 15.8 Å². The van der Waals surface area contributed by atoms with Gasteiger partial charge in [0.25, 0.3) is 0 Å². The van der Waals surface area contributed by atoms with E-state index in [4.69, 9.17) is 0 Å². The minimum absolute atomic E-state index is 0. The van der Waals surface area contributed by atoms with Gasteiger partial charge in [-0.05, 0) is 37.2 Å². The summed E-state index contributed by atoms with van der Waals surface area (Å²) in [6.45, 7) is 2.19. The maximum Gasteiger partial charge on any atom is 0.240 e. The van der Waals surface area contributed by atoms with Gasteiger partial charge in [-0.3, -0.25) is 4.79 Å². The predicted octanol–water partition coefficient (Wildman–Crippen LogP) is 0.952. The zero-order valence-corrected chi connectivity index (χ0v) is 14.7. The number of halogens is 2. The Hall–Kier alpha value is -1.48. The largest absolute Gasteiger partial charge is 0.352 e. The van der Waals surface area contributed by atoms with Crippen molar-refractivity contribution in [2.45, 2.75) is 17.7 Å². The van der Waals surface area contributed by atoms with Crippen molar-refractivity contribution >= 4 is 28.3 Å². The maximum absolute atomic E-state index is 12.8. The average molecular weight is 378 g/mol. The molecule has 6 nitrogen and oxygen atoms in total. The molecular formula is C15H21ClFN3O3S. The summed E-state index contributed by atoms with van der Waals surface area (Å²) in [5, 5.41) is 5.95. The molecule has 0 spiro atoms. The Morgan fingerprint density at radius 2 is 1.96 bits per heavy atom. The van der Waals surface area contributed by atoms with Gasteiger partial charge in [0, 0.05) is 26.1 Å². The second kappa shape index (κ2) is 9.73. The molecule has 1 amide bonds. The number of rotatable bonds is 7. The van der Waals surface area contributed by atoms with Crippen LogP contribution >= 0.6 is 12.4 Å². The first kappa shape index (κ1) is 20.6. The Morgan fingerprint density at radius 1 is 1.25 bits per heavy atom. The third kappa shape index (κ3) is 6.56. The molecule has 0 saturated heterocycles. The zero-order valence-electron chi connectivity index (χ0n) is 13.0. The van der Waals surface area contributed by atoms with Crippen LogP contribution in [0.5, 0.6) is 0 Å². The fourth-order valence-corrected chi connectivity index (χ4v) is 3.16. The first-order chi connectivity index (χ1) is 11.0. The second-order valence-corrected chi connectivity index (χ2v) is 6.96. The number of hydrogen-bond acceptors (Lipinski definition) is 4. The zero-order chi connectivity index (χ0) is 16.7. The SMILES string of the molecule is Cl.O=C(CCNS(=O)(=O)c1ccc(F)cc1)NCC1=CCNCC1. The molecule has 1 aromatic rings. The Labute approximate surface area is 147 Å². The summed E-state index contributed by atoms with van der Waals surface area (Å²) >= 11 is 0. The number of amides is 1. The Morgan fingerprint density at radius 3 is 2.58 bits per heavy atom. The number of carbonyl (C=O) groups is 1. The molecule has 0 radical (unpaired) electrons. The average Bonchev–Trinajstić information content (AvgIpc) is 2.54. The van der Waals surface area contributed by atoms with Gasteiger partial charge in [0.2, 0.25) is 15.9 Å². The lowest BCUT2D eigenvalue weighted by Gasteiger charge is -2.14. The molecule has 3 N–H and O–H groups in total. The van der Waals surface area contributed by atoms with Crippen LogP contribution in [0.2, 0.25) is 0 Å². The van der Waals surface area contributed by atoms with Crippen LogP contribution in [0.15, 0.2) is 40.8 Å². The molecule has 1 heterocycles. The molecule has 0 aromatic heterocycles. The van der Waals surface area contributed by atoms with Gasteiger partial charge < -0.3 is 10.6 Å². The second-order valence-electron chi connectivity index (χ2n) is 5.19. The van der Waals surface area contributed by atoms with Gasteiger partial charge in [-0.1, -0.05) is 11.6 Å². The molecule has 24 heavy (non-hydrogen) atoms. The fraction of sp³-hybridized carbons (Fsp3) is 0.400. The molecule has 0 aliphatic carbocycles. The van der Waals surface area contributed by atoms with Crippen LogP contribution in [-0.4, -0.2) is 40.5 Å². The molecule has 0 fully saturated rings. The van der Waals surface area contributed by atoms with Gasteiger partial charge in [-0.15, -0.1) is 12.4 Å². The normalized spacial score (nSPS) is 14.5. The summed E-state index contributed by atoms with van der Waals surface area (Å²) in [5.74, 6) is -0.721. The van der Waals surface area contributed by atoms with Crippen molar-refractivity contribution in [1.82, 2.24) is 15.4 Å². The molecule has 134 valence electrons. The van der Waals surface area contributed by atoms with Crippen LogP contribution in [0.4, 0.5) is 4.39 Å². The smallest absolute Gasteiger partial charge is 0.240 e. The van der Waals surface area contributed by atoms with Crippen molar-refractivity contribution in [2.75, 3.05) is 26.2 Å². The number of carbonyl (C=O) groups excluding carboxylic acids is 1.